The minimum atomic E-state index is -1.69. The molecule has 0 saturated carbocycles. The summed E-state index contributed by atoms with van der Waals surface area (Å²) in [5.74, 6) is -9.52. The van der Waals surface area contributed by atoms with Gasteiger partial charge in [-0.15, -0.1) is 0 Å². The van der Waals surface area contributed by atoms with Crippen molar-refractivity contribution in [3.63, 3.8) is 0 Å². The maximum Gasteiger partial charge on any atom is 0.268 e. The van der Waals surface area contributed by atoms with Crippen LogP contribution in [-0.4, -0.2) is 201 Å². The summed E-state index contributed by atoms with van der Waals surface area (Å²) in [5, 5.41) is 33.1. The van der Waals surface area contributed by atoms with Crippen molar-refractivity contribution in [2.24, 2.45) is 62.3 Å². The first-order valence-electron chi connectivity index (χ1n) is 28.7. The van der Waals surface area contributed by atoms with Gasteiger partial charge in [-0.25, -0.2) is 0 Å². The fraction of sp³-hybridized carbons (Fsp3) is 0.725. The van der Waals surface area contributed by atoms with E-state index in [1.807, 2.05) is 0 Å². The van der Waals surface area contributed by atoms with Crippen LogP contribution in [0.4, 0.5) is 0 Å². The van der Waals surface area contributed by atoms with Gasteiger partial charge in [0.15, 0.2) is 5.96 Å². The van der Waals surface area contributed by atoms with Gasteiger partial charge in [0.05, 0.1) is 25.1 Å². The van der Waals surface area contributed by atoms with E-state index in [-0.39, 0.29) is 89.2 Å². The summed E-state index contributed by atoms with van der Waals surface area (Å²) < 4.78 is 0. The number of nitrogens with zero attached hydrogens (tertiary/aromatic N) is 2. The number of guanidine groups is 1. The summed E-state index contributed by atoms with van der Waals surface area (Å²) in [5.41, 5.74) is 56.0. The molecule has 1 fully saturated rings. The third kappa shape index (κ3) is 29.4. The molecule has 1 rings (SSSR count). The predicted octanol–water partition coefficient (Wildman–Crippen LogP) is -8.81. The van der Waals surface area contributed by atoms with Gasteiger partial charge in [0.2, 0.25) is 59.1 Å². The van der Waals surface area contributed by atoms with Crippen LogP contribution in [0.5, 0.6) is 0 Å². The molecule has 1 aliphatic rings. The molecule has 3 unspecified atom stereocenters. The Morgan fingerprint density at radius 1 is 0.607 bits per heavy atom. The molecule has 0 aliphatic carbocycles. The van der Waals surface area contributed by atoms with Crippen molar-refractivity contribution in [2.75, 3.05) is 65.4 Å². The molecule has 0 aromatic carbocycles. The number of nitrogens with two attached hydrogens (primary N) is 10. The minimum Gasteiger partial charge on any atom is -0.389 e. The molecule has 1 aliphatic heterocycles. The van der Waals surface area contributed by atoms with Crippen LogP contribution in [0.25, 0.3) is 0 Å². The van der Waals surface area contributed by atoms with Gasteiger partial charge < -0.3 is 115 Å². The number of hydrogen-bond donors (Lipinski definition) is 20. The molecule has 33 heteroatoms. The maximum atomic E-state index is 14.2. The number of aliphatic imine (C=N–C) groups is 1. The summed E-state index contributed by atoms with van der Waals surface area (Å²) in [6.07, 6.45) is 4.21. The molecule has 1 saturated heterocycles. The average Bonchev–Trinajstić information content (AvgIpc) is 4.09. The highest BCUT2D eigenvalue weighted by Crippen LogP contribution is 2.20. The van der Waals surface area contributed by atoms with Crippen LogP contribution in [0.3, 0.4) is 0 Å². The molecule has 0 aromatic rings. The lowest BCUT2D eigenvalue weighted by Crippen LogP contribution is -2.60. The second kappa shape index (κ2) is 42.6. The molecule has 0 aromatic heterocycles. The minimum absolute atomic E-state index is 0.00186. The third-order valence-corrected chi connectivity index (χ3v) is 13.2. The Morgan fingerprint density at radius 3 is 1.77 bits per heavy atom. The van der Waals surface area contributed by atoms with Gasteiger partial charge in [-0.3, -0.25) is 57.7 Å². The van der Waals surface area contributed by atoms with Crippen LogP contribution in [0.2, 0.25) is 0 Å². The van der Waals surface area contributed by atoms with Gasteiger partial charge in [0.1, 0.15) is 48.0 Å². The van der Waals surface area contributed by atoms with E-state index in [0.29, 0.717) is 77.5 Å². The van der Waals surface area contributed by atoms with Gasteiger partial charge in [0, 0.05) is 26.2 Å². The Balaban J connectivity index is 3.32. The molecule has 0 radical (unpaired) electrons. The number of rotatable bonds is 44. The number of hydrogen-bond acceptors (Lipinski definition) is 20. The number of primary amides is 1. The number of aliphatic hydroxyl groups is 1. The van der Waals surface area contributed by atoms with Crippen molar-refractivity contribution in [3.8, 4) is 0 Å². The number of nitrogens with one attached hydrogen (secondary N) is 9. The Labute approximate surface area is 490 Å². The molecule has 84 heavy (non-hydrogen) atoms. The summed E-state index contributed by atoms with van der Waals surface area (Å²) >= 11 is 0. The molecule has 478 valence electrons. The quantitative estimate of drug-likeness (QED) is 0.0117. The second-order valence-corrected chi connectivity index (χ2v) is 20.2. The van der Waals surface area contributed by atoms with Crippen molar-refractivity contribution in [1.29, 1.82) is 0 Å². The zero-order chi connectivity index (χ0) is 63.1. The Kier molecular flexibility index (Phi) is 38.0. The van der Waals surface area contributed by atoms with Crippen molar-refractivity contribution in [2.45, 2.75) is 171 Å². The second-order valence-electron chi connectivity index (χ2n) is 20.2. The predicted molar refractivity (Wildman–Crippen MR) is 312 cm³/mol. The third-order valence-electron chi connectivity index (χ3n) is 13.2. The number of carbonyl (C=O) groups is 11. The van der Waals surface area contributed by atoms with Gasteiger partial charge in [-0.1, -0.05) is 12.5 Å². The highest BCUT2D eigenvalue weighted by molar-refractivity contribution is 6.02. The van der Waals surface area contributed by atoms with Crippen LogP contribution in [-0.2, 0) is 52.7 Å². The van der Waals surface area contributed by atoms with E-state index in [0.717, 1.165) is 0 Å². The zero-order valence-electron chi connectivity index (χ0n) is 48.5. The Morgan fingerprint density at radius 2 is 1.19 bits per heavy atom. The fourth-order valence-electron chi connectivity index (χ4n) is 8.53. The lowest BCUT2D eigenvalue weighted by atomic mass is 10.1. The summed E-state index contributed by atoms with van der Waals surface area (Å²) in [4.78, 5) is 154. The van der Waals surface area contributed by atoms with Crippen LogP contribution in [0, 0.1) is 0 Å². The monoisotopic (exact) mass is 1200 g/mol. The molecule has 0 bridgehead atoms. The zero-order valence-corrected chi connectivity index (χ0v) is 48.5. The Hall–Kier alpha value is -7.14. The summed E-state index contributed by atoms with van der Waals surface area (Å²) in [7, 11) is 0. The summed E-state index contributed by atoms with van der Waals surface area (Å²) in [6.45, 7) is 1.94. The highest BCUT2D eigenvalue weighted by atomic mass is 16.3. The number of amides is 11. The van der Waals surface area contributed by atoms with Crippen LogP contribution < -0.4 is 105 Å². The lowest BCUT2D eigenvalue weighted by Gasteiger charge is -2.30. The van der Waals surface area contributed by atoms with Crippen LogP contribution >= 0.6 is 0 Å². The maximum absolute atomic E-state index is 14.2. The summed E-state index contributed by atoms with van der Waals surface area (Å²) in [6, 6.07) is -10.6. The Bertz CT molecular complexity index is 2190. The molecule has 30 N–H and O–H groups in total. The average molecular weight is 1200 g/mol. The van der Waals surface area contributed by atoms with Crippen molar-refractivity contribution < 1.29 is 57.8 Å². The normalized spacial score (nSPS) is 15.9. The largest absolute Gasteiger partial charge is 0.389 e. The standard InChI is InChI=1S/C51H97N21O12/c1-30(65-49(83)41(38(73)28-57)71-43(77)31(58)13-2-5-19-52)42(76)64-29-40(75)66-35(16-10-23-56)50(84)72-26-12-18-37(72)48(82)70-36(27-39(59)74)47(81)69-33(15-4-7-21-54)45(79)68-34(17-11-25-63-51(60)61)46(80)67-32(14-3-6-20-53)44(78)62-24-9-8-22-55/h17,30-33,35-38,41,73H,2-16,18-29,52-58H2,1H3,(H2,59,74)(H,62,78)(H,64,76)(H,65,83)(H,66,75)(H,67,80)(H,68,79)(H,69,81)(H,70,82)(H,71,77)(H4,60,61,63)/b34-17-/t30?,31?,32-,33-,35+,36?,37-,38-,41-/m0/s1. The first-order valence-corrected chi connectivity index (χ1v) is 28.7. The molecule has 33 nitrogen and oxygen atoms in total. The molecule has 11 amide bonds. The number of carbonyl (C=O) groups excluding carboxylic acids is 11. The molecule has 1 heterocycles. The van der Waals surface area contributed by atoms with E-state index >= 15 is 0 Å². The smallest absolute Gasteiger partial charge is 0.268 e. The topological polar surface area (TPSA) is 592 Å². The number of likely N-dealkylation sites (tertiary alicyclic amines) is 1. The van der Waals surface area contributed by atoms with E-state index in [1.54, 1.807) is 0 Å². The van der Waals surface area contributed by atoms with Gasteiger partial charge >= 0.3 is 0 Å². The van der Waals surface area contributed by atoms with Gasteiger partial charge in [-0.2, -0.15) is 0 Å². The SMILES string of the molecule is CC(NC(=O)[C@@H](NC(=O)C(N)CCCCN)[C@@H](O)CN)C(=O)NCC(=O)N[C@H](CCCN)C(=O)N1CCC[C@H]1C(=O)NC(CC(N)=O)C(=O)N[C@@H](CCCCN)C(=O)N/C(=C\CCN=C(N)N)C(=O)N[C@@H](CCCCN)C(=O)NCCCCN. The molecular weight excluding hydrogens is 1100 g/mol. The van der Waals surface area contributed by atoms with E-state index in [1.165, 1.54) is 17.9 Å². The van der Waals surface area contributed by atoms with E-state index in [9.17, 15) is 57.8 Å². The van der Waals surface area contributed by atoms with Crippen molar-refractivity contribution in [1.82, 2.24) is 52.8 Å². The molecule has 9 atom stereocenters. The van der Waals surface area contributed by atoms with Crippen molar-refractivity contribution >= 4 is 70.9 Å². The first kappa shape index (κ1) is 74.9. The van der Waals surface area contributed by atoms with E-state index in [4.69, 9.17) is 57.3 Å². The molecule has 0 spiro atoms. The van der Waals surface area contributed by atoms with Gasteiger partial charge in [-0.05, 0) is 136 Å². The highest BCUT2D eigenvalue weighted by Gasteiger charge is 2.40. The van der Waals surface area contributed by atoms with Crippen LogP contribution in [0.15, 0.2) is 16.8 Å². The number of unbranched alkanes of at least 4 members (excludes halogenated alkanes) is 4. The van der Waals surface area contributed by atoms with Crippen molar-refractivity contribution in [3.05, 3.63) is 11.8 Å². The lowest BCUT2D eigenvalue weighted by molar-refractivity contribution is -0.142. The number of aliphatic hydroxyl groups excluding tert-OH is 1. The molecular formula is C51H97N21O12. The van der Waals surface area contributed by atoms with E-state index in [2.05, 4.69) is 52.8 Å². The fourth-order valence-corrected chi connectivity index (χ4v) is 8.53. The van der Waals surface area contributed by atoms with Gasteiger partial charge in [0.25, 0.3) is 5.91 Å². The van der Waals surface area contributed by atoms with Crippen LogP contribution in [0.1, 0.15) is 116 Å². The van der Waals surface area contributed by atoms with E-state index < -0.39 is 139 Å². The first-order chi connectivity index (χ1) is 40.0.